The molecular weight excluding hydrogens is 249 g/mol. The molecule has 4 heteroatoms. The van der Waals surface area contributed by atoms with Crippen LogP contribution in [-0.4, -0.2) is 11.4 Å². The van der Waals surface area contributed by atoms with E-state index in [0.29, 0.717) is 18.4 Å². The molecule has 0 atom stereocenters. The first-order chi connectivity index (χ1) is 6.63. The molecule has 0 bridgehead atoms. The predicted octanol–water partition coefficient (Wildman–Crippen LogP) is 3.69. The van der Waals surface area contributed by atoms with E-state index in [-0.39, 0.29) is 5.83 Å². The number of oxime groups is 1. The maximum absolute atomic E-state index is 13.4. The lowest BCUT2D eigenvalue weighted by atomic mass is 10.1. The zero-order chi connectivity index (χ0) is 10.6. The van der Waals surface area contributed by atoms with Crippen molar-refractivity contribution in [2.75, 3.05) is 0 Å². The summed E-state index contributed by atoms with van der Waals surface area (Å²) in [6, 6.07) is 0. The van der Waals surface area contributed by atoms with Crippen molar-refractivity contribution in [1.82, 2.24) is 0 Å². The van der Waals surface area contributed by atoms with Crippen LogP contribution in [0.15, 0.2) is 38.8 Å². The molecule has 1 N–H and O–H groups in total. The number of rotatable bonds is 1. The van der Waals surface area contributed by atoms with Crippen molar-refractivity contribution in [3.8, 4) is 0 Å². The number of halogens is 2. The molecule has 0 saturated heterocycles. The van der Waals surface area contributed by atoms with Crippen LogP contribution in [0.25, 0.3) is 0 Å². The summed E-state index contributed by atoms with van der Waals surface area (Å²) in [7, 11) is 0. The normalized spacial score (nSPS) is 31.6. The van der Waals surface area contributed by atoms with Crippen molar-refractivity contribution in [3.05, 3.63) is 33.6 Å². The zero-order valence-electron chi connectivity index (χ0n) is 7.80. The smallest absolute Gasteiger partial charge is 0.109 e. The van der Waals surface area contributed by atoms with Crippen LogP contribution < -0.4 is 0 Å². The summed E-state index contributed by atoms with van der Waals surface area (Å²) in [5.41, 5.74) is 1.42. The highest BCUT2D eigenvalue weighted by Gasteiger charge is 2.07. The van der Waals surface area contributed by atoms with Crippen LogP contribution in [0.5, 0.6) is 0 Å². The minimum absolute atomic E-state index is 0.257. The molecule has 2 nitrogen and oxygen atoms in total. The summed E-state index contributed by atoms with van der Waals surface area (Å²) in [6.07, 6.45) is 5.65. The van der Waals surface area contributed by atoms with Gasteiger partial charge < -0.3 is 5.21 Å². The summed E-state index contributed by atoms with van der Waals surface area (Å²) in [5, 5.41) is 11.2. The van der Waals surface area contributed by atoms with Crippen LogP contribution in [0.1, 0.15) is 19.8 Å². The molecule has 0 aromatic carbocycles. The Morgan fingerprint density at radius 3 is 2.86 bits per heavy atom. The largest absolute Gasteiger partial charge is 0.411 e. The first-order valence-electron chi connectivity index (χ1n) is 4.24. The predicted molar refractivity (Wildman–Crippen MR) is 58.4 cm³/mol. The molecule has 1 rings (SSSR count). The number of hydrogen-bond donors (Lipinski definition) is 1. The molecule has 0 amide bonds. The third-order valence-electron chi connectivity index (χ3n) is 1.93. The van der Waals surface area contributed by atoms with Crippen LogP contribution in [0.2, 0.25) is 0 Å². The topological polar surface area (TPSA) is 32.6 Å². The second-order valence-corrected chi connectivity index (χ2v) is 4.04. The SMILES string of the molecule is C\C1=C/C(Br)=C\C(\C=N\O)=C(\F)CC1. The molecule has 76 valence electrons. The van der Waals surface area contributed by atoms with Gasteiger partial charge in [0, 0.05) is 16.5 Å². The van der Waals surface area contributed by atoms with Gasteiger partial charge in [0.05, 0.1) is 6.21 Å². The minimum Gasteiger partial charge on any atom is -0.411 e. The van der Waals surface area contributed by atoms with Gasteiger partial charge in [-0.1, -0.05) is 26.7 Å². The van der Waals surface area contributed by atoms with Gasteiger partial charge in [0.15, 0.2) is 0 Å². The Bertz CT molecular complexity index is 342. The first kappa shape index (κ1) is 11.2. The monoisotopic (exact) mass is 259 g/mol. The van der Waals surface area contributed by atoms with Crippen LogP contribution in [-0.2, 0) is 0 Å². The van der Waals surface area contributed by atoms with Crippen LogP contribution in [0.4, 0.5) is 4.39 Å². The Labute approximate surface area is 90.6 Å². The average Bonchev–Trinajstić information content (AvgIpc) is 2.12. The van der Waals surface area contributed by atoms with Crippen molar-refractivity contribution < 1.29 is 9.60 Å². The quantitative estimate of drug-likeness (QED) is 0.435. The Kier molecular flexibility index (Phi) is 4.07. The van der Waals surface area contributed by atoms with Gasteiger partial charge in [-0.15, -0.1) is 0 Å². The maximum atomic E-state index is 13.4. The second-order valence-electron chi connectivity index (χ2n) is 3.12. The zero-order valence-corrected chi connectivity index (χ0v) is 9.38. The summed E-state index contributed by atoms with van der Waals surface area (Å²) in [5.74, 6) is -0.257. The lowest BCUT2D eigenvalue weighted by molar-refractivity contribution is 0.321. The Hall–Kier alpha value is -0.900. The molecule has 1 aliphatic carbocycles. The van der Waals surface area contributed by atoms with E-state index in [1.54, 1.807) is 6.08 Å². The molecule has 0 heterocycles. The van der Waals surface area contributed by atoms with Crippen molar-refractivity contribution in [1.29, 1.82) is 0 Å². The molecule has 0 spiro atoms. The Balaban J connectivity index is 3.07. The van der Waals surface area contributed by atoms with E-state index in [1.165, 1.54) is 0 Å². The molecular formula is C10H11BrFNO. The Morgan fingerprint density at radius 2 is 2.21 bits per heavy atom. The van der Waals surface area contributed by atoms with Crippen molar-refractivity contribution in [2.45, 2.75) is 19.8 Å². The van der Waals surface area contributed by atoms with Crippen molar-refractivity contribution in [2.24, 2.45) is 5.16 Å². The highest BCUT2D eigenvalue weighted by molar-refractivity contribution is 9.11. The van der Waals surface area contributed by atoms with Gasteiger partial charge in [-0.25, -0.2) is 4.39 Å². The van der Waals surface area contributed by atoms with Gasteiger partial charge in [-0.3, -0.25) is 0 Å². The fourth-order valence-electron chi connectivity index (χ4n) is 1.20. The number of nitrogens with zero attached hydrogens (tertiary/aromatic N) is 1. The third kappa shape index (κ3) is 3.10. The lowest BCUT2D eigenvalue weighted by Gasteiger charge is -2.06. The van der Waals surface area contributed by atoms with Gasteiger partial charge in [-0.2, -0.15) is 0 Å². The van der Waals surface area contributed by atoms with Gasteiger partial charge >= 0.3 is 0 Å². The van der Waals surface area contributed by atoms with Crippen molar-refractivity contribution in [3.63, 3.8) is 0 Å². The molecule has 14 heavy (non-hydrogen) atoms. The van der Waals surface area contributed by atoms with Crippen molar-refractivity contribution >= 4 is 22.1 Å². The summed E-state index contributed by atoms with van der Waals surface area (Å²) >= 11 is 3.29. The molecule has 0 saturated carbocycles. The molecule has 0 radical (unpaired) electrons. The van der Waals surface area contributed by atoms with E-state index < -0.39 is 0 Å². The van der Waals surface area contributed by atoms with E-state index in [0.717, 1.165) is 16.3 Å². The number of hydrogen-bond acceptors (Lipinski definition) is 2. The van der Waals surface area contributed by atoms with E-state index >= 15 is 0 Å². The van der Waals surface area contributed by atoms with Gasteiger partial charge in [0.1, 0.15) is 5.83 Å². The summed E-state index contributed by atoms with van der Waals surface area (Å²) in [4.78, 5) is 0. The highest BCUT2D eigenvalue weighted by atomic mass is 79.9. The molecule has 0 unspecified atom stereocenters. The number of allylic oxidation sites excluding steroid dienone is 6. The fraction of sp³-hybridized carbons (Fsp3) is 0.300. The standard InChI is InChI=1S/C10H11BrFNO/c1-7-2-3-10(12)8(6-13-14)5-9(11)4-7/h4-6,14H,2-3H2,1H3/b7-4+,9-5+,10-8-,13-6+. The third-order valence-corrected chi connectivity index (χ3v) is 2.38. The maximum Gasteiger partial charge on any atom is 0.109 e. The highest BCUT2D eigenvalue weighted by Crippen LogP contribution is 2.24. The summed E-state index contributed by atoms with van der Waals surface area (Å²) < 4.78 is 14.2. The van der Waals surface area contributed by atoms with Gasteiger partial charge in [0.2, 0.25) is 0 Å². The van der Waals surface area contributed by atoms with E-state index in [1.807, 2.05) is 13.0 Å². The minimum atomic E-state index is -0.257. The lowest BCUT2D eigenvalue weighted by Crippen LogP contribution is -1.92. The van der Waals surface area contributed by atoms with E-state index in [9.17, 15) is 4.39 Å². The van der Waals surface area contributed by atoms with Crippen LogP contribution in [0, 0.1) is 0 Å². The van der Waals surface area contributed by atoms with E-state index in [4.69, 9.17) is 5.21 Å². The van der Waals surface area contributed by atoms with Gasteiger partial charge in [-0.05, 0) is 25.5 Å². The van der Waals surface area contributed by atoms with Gasteiger partial charge in [0.25, 0.3) is 0 Å². The van der Waals surface area contributed by atoms with E-state index in [2.05, 4.69) is 21.1 Å². The first-order valence-corrected chi connectivity index (χ1v) is 5.03. The average molecular weight is 260 g/mol. The molecule has 1 aliphatic rings. The molecule has 0 aliphatic heterocycles. The molecule has 0 fully saturated rings. The summed E-state index contributed by atoms with van der Waals surface area (Å²) in [6.45, 7) is 1.95. The molecule has 0 aromatic heterocycles. The van der Waals surface area contributed by atoms with Crippen LogP contribution >= 0.6 is 15.9 Å². The van der Waals surface area contributed by atoms with Crippen LogP contribution in [0.3, 0.4) is 0 Å². The Morgan fingerprint density at radius 1 is 1.50 bits per heavy atom. The second kappa shape index (κ2) is 5.10. The molecule has 0 aromatic rings. The fourth-order valence-corrected chi connectivity index (χ4v) is 1.83.